The van der Waals surface area contributed by atoms with Gasteiger partial charge in [0.1, 0.15) is 5.69 Å². The summed E-state index contributed by atoms with van der Waals surface area (Å²) in [5, 5.41) is 10.7. The second kappa shape index (κ2) is 6.33. The second-order valence-electron chi connectivity index (χ2n) is 4.88. The first kappa shape index (κ1) is 15.9. The molecule has 110 valence electrons. The molecule has 7 nitrogen and oxygen atoms in total. The molecular formula is C13H18N2O5. The van der Waals surface area contributed by atoms with Gasteiger partial charge in [0.15, 0.2) is 0 Å². The van der Waals surface area contributed by atoms with Crippen molar-refractivity contribution >= 4 is 17.3 Å². The number of benzene rings is 1. The quantitative estimate of drug-likeness (QED) is 0.371. The Morgan fingerprint density at radius 3 is 2.65 bits per heavy atom. The number of hydrogen-bond donors (Lipinski definition) is 1. The summed E-state index contributed by atoms with van der Waals surface area (Å²) in [6, 6.07) is 3.82. The van der Waals surface area contributed by atoms with E-state index in [0.29, 0.717) is 6.42 Å². The SMILES string of the molecule is COC(C)(C)CCOC(=O)c1ccc(N)c([N+](=O)[O-])c1. The largest absolute Gasteiger partial charge is 0.462 e. The van der Waals surface area contributed by atoms with E-state index in [4.69, 9.17) is 15.2 Å². The molecule has 0 aliphatic carbocycles. The maximum absolute atomic E-state index is 11.8. The fourth-order valence-corrected chi connectivity index (χ4v) is 1.40. The highest BCUT2D eigenvalue weighted by Crippen LogP contribution is 2.23. The Kier molecular flexibility index (Phi) is 5.04. The van der Waals surface area contributed by atoms with Crippen LogP contribution in [0.15, 0.2) is 18.2 Å². The number of nitro groups is 1. The van der Waals surface area contributed by atoms with E-state index in [1.165, 1.54) is 12.1 Å². The van der Waals surface area contributed by atoms with Crippen LogP contribution >= 0.6 is 0 Å². The molecule has 0 spiro atoms. The Morgan fingerprint density at radius 2 is 2.10 bits per heavy atom. The molecule has 1 aromatic rings. The van der Waals surface area contributed by atoms with E-state index in [2.05, 4.69) is 0 Å². The van der Waals surface area contributed by atoms with Gasteiger partial charge in [0, 0.05) is 19.6 Å². The lowest BCUT2D eigenvalue weighted by Gasteiger charge is -2.22. The monoisotopic (exact) mass is 282 g/mol. The topological polar surface area (TPSA) is 105 Å². The molecule has 0 saturated heterocycles. The van der Waals surface area contributed by atoms with Gasteiger partial charge in [-0.15, -0.1) is 0 Å². The third-order valence-corrected chi connectivity index (χ3v) is 2.95. The fourth-order valence-electron chi connectivity index (χ4n) is 1.40. The predicted octanol–water partition coefficient (Wildman–Crippen LogP) is 2.15. The molecule has 0 heterocycles. The van der Waals surface area contributed by atoms with Crippen LogP contribution in [0.5, 0.6) is 0 Å². The lowest BCUT2D eigenvalue weighted by molar-refractivity contribution is -0.383. The lowest BCUT2D eigenvalue weighted by atomic mass is 10.1. The molecule has 20 heavy (non-hydrogen) atoms. The Bertz CT molecular complexity index is 513. The molecule has 0 aromatic heterocycles. The van der Waals surface area contributed by atoms with Crippen molar-refractivity contribution in [3.8, 4) is 0 Å². The van der Waals surface area contributed by atoms with Gasteiger partial charge in [0.2, 0.25) is 0 Å². The zero-order chi connectivity index (χ0) is 15.3. The maximum atomic E-state index is 11.8. The number of methoxy groups -OCH3 is 1. The smallest absolute Gasteiger partial charge is 0.338 e. The van der Waals surface area contributed by atoms with Crippen molar-refractivity contribution < 1.29 is 19.2 Å². The summed E-state index contributed by atoms with van der Waals surface area (Å²) < 4.78 is 10.3. The van der Waals surface area contributed by atoms with Crippen LogP contribution in [0, 0.1) is 10.1 Å². The highest BCUT2D eigenvalue weighted by atomic mass is 16.6. The van der Waals surface area contributed by atoms with Gasteiger partial charge in [-0.3, -0.25) is 10.1 Å². The van der Waals surface area contributed by atoms with Crippen molar-refractivity contribution in [1.29, 1.82) is 0 Å². The average molecular weight is 282 g/mol. The Morgan fingerprint density at radius 1 is 1.45 bits per heavy atom. The van der Waals surface area contributed by atoms with Crippen LogP contribution in [0.25, 0.3) is 0 Å². The van der Waals surface area contributed by atoms with Gasteiger partial charge >= 0.3 is 5.97 Å². The molecule has 1 aromatic carbocycles. The average Bonchev–Trinajstić information content (AvgIpc) is 2.38. The van der Waals surface area contributed by atoms with Gasteiger partial charge in [0.05, 0.1) is 22.7 Å². The molecule has 1 rings (SSSR count). The standard InChI is InChI=1S/C13H18N2O5/c1-13(2,19-3)6-7-20-12(16)9-4-5-10(14)11(8-9)15(17)18/h4-5,8H,6-7,14H2,1-3H3. The number of esters is 1. The van der Waals surface area contributed by atoms with E-state index in [-0.39, 0.29) is 23.5 Å². The first-order valence-electron chi connectivity index (χ1n) is 6.03. The fraction of sp³-hybridized carbons (Fsp3) is 0.462. The molecule has 0 radical (unpaired) electrons. The van der Waals surface area contributed by atoms with Gasteiger partial charge in [-0.1, -0.05) is 0 Å². The van der Waals surface area contributed by atoms with E-state index in [1.54, 1.807) is 7.11 Å². The van der Waals surface area contributed by atoms with Crippen LogP contribution in [0.4, 0.5) is 11.4 Å². The molecule has 0 atom stereocenters. The minimum Gasteiger partial charge on any atom is -0.462 e. The normalized spacial score (nSPS) is 11.2. The summed E-state index contributed by atoms with van der Waals surface area (Å²) in [6.45, 7) is 3.90. The van der Waals surface area contributed by atoms with Crippen molar-refractivity contribution in [2.24, 2.45) is 0 Å². The van der Waals surface area contributed by atoms with E-state index >= 15 is 0 Å². The Hall–Kier alpha value is -2.15. The van der Waals surface area contributed by atoms with E-state index < -0.39 is 16.5 Å². The molecule has 0 aliphatic heterocycles. The number of carbonyl (C=O) groups is 1. The molecule has 0 aliphatic rings. The third kappa shape index (κ3) is 4.20. The van der Waals surface area contributed by atoms with Gasteiger partial charge < -0.3 is 15.2 Å². The number of ether oxygens (including phenoxy) is 2. The van der Waals surface area contributed by atoms with Crippen molar-refractivity contribution in [2.75, 3.05) is 19.5 Å². The summed E-state index contributed by atoms with van der Waals surface area (Å²) in [5.41, 5.74) is 4.86. The molecule has 2 N–H and O–H groups in total. The van der Waals surface area contributed by atoms with Crippen molar-refractivity contribution in [2.45, 2.75) is 25.9 Å². The highest BCUT2D eigenvalue weighted by Gasteiger charge is 2.19. The molecule has 0 amide bonds. The van der Waals surface area contributed by atoms with Crippen LogP contribution in [0.1, 0.15) is 30.6 Å². The number of nitrogen functional groups attached to an aromatic ring is 1. The number of nitrogens with two attached hydrogens (primary N) is 1. The summed E-state index contributed by atoms with van der Waals surface area (Å²) in [4.78, 5) is 21.9. The van der Waals surface area contributed by atoms with Crippen molar-refractivity contribution in [3.63, 3.8) is 0 Å². The van der Waals surface area contributed by atoms with E-state index in [0.717, 1.165) is 6.07 Å². The van der Waals surface area contributed by atoms with Crippen LogP contribution in [0.3, 0.4) is 0 Å². The number of hydrogen-bond acceptors (Lipinski definition) is 6. The van der Waals surface area contributed by atoms with Crippen LogP contribution in [-0.2, 0) is 9.47 Å². The van der Waals surface area contributed by atoms with Crippen LogP contribution in [0.2, 0.25) is 0 Å². The molecule has 7 heteroatoms. The van der Waals surface area contributed by atoms with Crippen molar-refractivity contribution in [3.05, 3.63) is 33.9 Å². The molecule has 0 fully saturated rings. The number of anilines is 1. The summed E-state index contributed by atoms with van der Waals surface area (Å²) in [6.07, 6.45) is 0.520. The first-order chi connectivity index (χ1) is 9.26. The van der Waals surface area contributed by atoms with Crippen molar-refractivity contribution in [1.82, 2.24) is 0 Å². The second-order valence-corrected chi connectivity index (χ2v) is 4.88. The van der Waals surface area contributed by atoms with E-state index in [1.807, 2.05) is 13.8 Å². The minimum absolute atomic E-state index is 0.00654. The molecular weight excluding hydrogens is 264 g/mol. The first-order valence-corrected chi connectivity index (χ1v) is 6.03. The van der Waals surface area contributed by atoms with Gasteiger partial charge in [0.25, 0.3) is 5.69 Å². The zero-order valence-corrected chi connectivity index (χ0v) is 11.7. The maximum Gasteiger partial charge on any atom is 0.338 e. The minimum atomic E-state index is -0.639. The Balaban J connectivity index is 2.69. The highest BCUT2D eigenvalue weighted by molar-refractivity contribution is 5.91. The predicted molar refractivity (Wildman–Crippen MR) is 73.5 cm³/mol. The van der Waals surface area contributed by atoms with Crippen LogP contribution in [-0.4, -0.2) is 30.2 Å². The van der Waals surface area contributed by atoms with Crippen LogP contribution < -0.4 is 5.73 Å². The third-order valence-electron chi connectivity index (χ3n) is 2.95. The number of carbonyl (C=O) groups excluding carboxylic acids is 1. The number of nitrogens with zero attached hydrogens (tertiary/aromatic N) is 1. The molecule has 0 saturated carbocycles. The zero-order valence-electron chi connectivity index (χ0n) is 11.7. The molecule has 0 bridgehead atoms. The van der Waals surface area contributed by atoms with E-state index in [9.17, 15) is 14.9 Å². The lowest BCUT2D eigenvalue weighted by Crippen LogP contribution is -2.25. The summed E-state index contributed by atoms with van der Waals surface area (Å²) in [7, 11) is 1.57. The summed E-state index contributed by atoms with van der Waals surface area (Å²) in [5.74, 6) is -0.625. The van der Waals surface area contributed by atoms with Gasteiger partial charge in [-0.05, 0) is 26.0 Å². The van der Waals surface area contributed by atoms with Gasteiger partial charge in [-0.25, -0.2) is 4.79 Å². The Labute approximate surface area is 116 Å². The summed E-state index contributed by atoms with van der Waals surface area (Å²) >= 11 is 0. The number of rotatable bonds is 6. The number of nitro benzene ring substituents is 1. The van der Waals surface area contributed by atoms with Gasteiger partial charge in [-0.2, -0.15) is 0 Å². The molecule has 0 unspecified atom stereocenters.